The van der Waals surface area contributed by atoms with Gasteiger partial charge in [0, 0.05) is 16.9 Å². The summed E-state index contributed by atoms with van der Waals surface area (Å²) in [6.07, 6.45) is 1.48. The average Bonchev–Trinajstić information content (AvgIpc) is 2.92. The van der Waals surface area contributed by atoms with Gasteiger partial charge in [0.15, 0.2) is 11.5 Å². The first-order chi connectivity index (χ1) is 13.4. The summed E-state index contributed by atoms with van der Waals surface area (Å²) in [7, 11) is 2.71. The zero-order valence-corrected chi connectivity index (χ0v) is 16.1. The molecule has 0 aliphatic carbocycles. The SMILES string of the molecule is COC(=O)C1=C(C)N(c2cccc(C)c2)C(=O)/C1=C\c1cccc(OC)c1O. The smallest absolute Gasteiger partial charge is 0.340 e. The average molecular weight is 379 g/mol. The van der Waals surface area contributed by atoms with Crippen molar-refractivity contribution in [1.82, 2.24) is 0 Å². The molecular weight excluding hydrogens is 358 g/mol. The van der Waals surface area contributed by atoms with Crippen LogP contribution in [0.25, 0.3) is 6.08 Å². The molecule has 0 fully saturated rings. The van der Waals surface area contributed by atoms with Crippen molar-refractivity contribution in [2.24, 2.45) is 0 Å². The molecule has 0 bridgehead atoms. The number of aromatic hydroxyl groups is 1. The van der Waals surface area contributed by atoms with E-state index in [-0.39, 0.29) is 28.6 Å². The van der Waals surface area contributed by atoms with Gasteiger partial charge in [0.1, 0.15) is 0 Å². The van der Waals surface area contributed by atoms with E-state index in [4.69, 9.17) is 9.47 Å². The highest BCUT2D eigenvalue weighted by Gasteiger charge is 2.38. The van der Waals surface area contributed by atoms with E-state index in [0.29, 0.717) is 16.9 Å². The summed E-state index contributed by atoms with van der Waals surface area (Å²) in [5.74, 6) is -0.822. The van der Waals surface area contributed by atoms with Crippen molar-refractivity contribution >= 4 is 23.6 Å². The molecule has 0 saturated carbocycles. The monoisotopic (exact) mass is 379 g/mol. The predicted octanol–water partition coefficient (Wildman–Crippen LogP) is 3.59. The van der Waals surface area contributed by atoms with Gasteiger partial charge in [-0.25, -0.2) is 4.79 Å². The number of hydrogen-bond donors (Lipinski definition) is 1. The zero-order valence-electron chi connectivity index (χ0n) is 16.1. The summed E-state index contributed by atoms with van der Waals surface area (Å²) >= 11 is 0. The molecule has 1 aliphatic rings. The van der Waals surface area contributed by atoms with Crippen LogP contribution in [0, 0.1) is 6.92 Å². The lowest BCUT2D eigenvalue weighted by molar-refractivity contribution is -0.136. The van der Waals surface area contributed by atoms with Gasteiger partial charge in [-0.3, -0.25) is 9.69 Å². The second-order valence-corrected chi connectivity index (χ2v) is 6.39. The lowest BCUT2D eigenvalue weighted by Gasteiger charge is -2.18. The number of benzene rings is 2. The maximum Gasteiger partial charge on any atom is 0.340 e. The van der Waals surface area contributed by atoms with E-state index in [1.807, 2.05) is 25.1 Å². The van der Waals surface area contributed by atoms with Crippen molar-refractivity contribution in [3.8, 4) is 11.5 Å². The van der Waals surface area contributed by atoms with Crippen LogP contribution >= 0.6 is 0 Å². The highest BCUT2D eigenvalue weighted by Crippen LogP contribution is 2.38. The lowest BCUT2D eigenvalue weighted by atomic mass is 10.0. The van der Waals surface area contributed by atoms with Crippen LogP contribution in [-0.4, -0.2) is 31.2 Å². The highest BCUT2D eigenvalue weighted by atomic mass is 16.5. The van der Waals surface area contributed by atoms with E-state index >= 15 is 0 Å². The highest BCUT2D eigenvalue weighted by molar-refractivity contribution is 6.24. The third-order valence-corrected chi connectivity index (χ3v) is 4.60. The minimum atomic E-state index is -0.616. The molecule has 6 heteroatoms. The molecule has 1 N–H and O–H groups in total. The van der Waals surface area contributed by atoms with Crippen LogP contribution in [0.1, 0.15) is 18.1 Å². The van der Waals surface area contributed by atoms with Crippen molar-refractivity contribution in [1.29, 1.82) is 0 Å². The molecular formula is C22H21NO5. The van der Waals surface area contributed by atoms with Crippen LogP contribution in [0.15, 0.2) is 59.3 Å². The number of phenols is 1. The third kappa shape index (κ3) is 3.24. The number of allylic oxidation sites excluding steroid dienone is 1. The van der Waals surface area contributed by atoms with Gasteiger partial charge >= 0.3 is 5.97 Å². The van der Waals surface area contributed by atoms with Gasteiger partial charge in [-0.15, -0.1) is 0 Å². The number of esters is 1. The maximum atomic E-state index is 13.2. The second kappa shape index (κ2) is 7.60. The van der Waals surface area contributed by atoms with Gasteiger partial charge in [0.05, 0.1) is 25.4 Å². The Bertz CT molecular complexity index is 1020. The Hall–Kier alpha value is -3.54. The Morgan fingerprint density at radius 3 is 2.46 bits per heavy atom. The number of phenolic OH excluding ortho intramolecular Hbond substituents is 1. The van der Waals surface area contributed by atoms with Gasteiger partial charge < -0.3 is 14.6 Å². The summed E-state index contributed by atoms with van der Waals surface area (Å²) in [5, 5.41) is 10.4. The van der Waals surface area contributed by atoms with Gasteiger partial charge in [-0.05, 0) is 43.7 Å². The Balaban J connectivity index is 2.18. The molecule has 2 aromatic carbocycles. The molecule has 1 aliphatic heterocycles. The van der Waals surface area contributed by atoms with E-state index < -0.39 is 5.97 Å². The largest absolute Gasteiger partial charge is 0.504 e. The van der Waals surface area contributed by atoms with E-state index in [9.17, 15) is 14.7 Å². The van der Waals surface area contributed by atoms with Crippen molar-refractivity contribution in [3.05, 3.63) is 70.4 Å². The number of para-hydroxylation sites is 1. The molecule has 0 aromatic heterocycles. The minimum Gasteiger partial charge on any atom is -0.504 e. The lowest BCUT2D eigenvalue weighted by Crippen LogP contribution is -2.24. The molecule has 0 atom stereocenters. The fourth-order valence-electron chi connectivity index (χ4n) is 3.23. The van der Waals surface area contributed by atoms with Gasteiger partial charge in [-0.2, -0.15) is 0 Å². The minimum absolute atomic E-state index is 0.110. The first-order valence-electron chi connectivity index (χ1n) is 8.67. The number of carbonyl (C=O) groups excluding carboxylic acids is 2. The summed E-state index contributed by atoms with van der Waals surface area (Å²) in [6, 6.07) is 12.4. The number of anilines is 1. The fourth-order valence-corrected chi connectivity index (χ4v) is 3.23. The van der Waals surface area contributed by atoms with Crippen molar-refractivity contribution in [2.75, 3.05) is 19.1 Å². The topological polar surface area (TPSA) is 76.1 Å². The fraction of sp³-hybridized carbons (Fsp3) is 0.182. The molecule has 144 valence electrons. The van der Waals surface area contributed by atoms with Gasteiger partial charge in [0.2, 0.25) is 0 Å². The van der Waals surface area contributed by atoms with Crippen molar-refractivity contribution in [2.45, 2.75) is 13.8 Å². The Labute approximate surface area is 163 Å². The van der Waals surface area contributed by atoms with Gasteiger partial charge in [0.25, 0.3) is 5.91 Å². The number of methoxy groups -OCH3 is 2. The molecule has 0 radical (unpaired) electrons. The molecule has 0 spiro atoms. The number of rotatable bonds is 4. The van der Waals surface area contributed by atoms with Crippen LogP contribution in [0.4, 0.5) is 5.69 Å². The molecule has 3 rings (SSSR count). The molecule has 1 amide bonds. The van der Waals surface area contributed by atoms with Crippen LogP contribution in [0.3, 0.4) is 0 Å². The number of hydrogen-bond acceptors (Lipinski definition) is 5. The number of aryl methyl sites for hydroxylation is 1. The summed E-state index contributed by atoms with van der Waals surface area (Å²) in [4.78, 5) is 27.1. The van der Waals surface area contributed by atoms with Crippen LogP contribution < -0.4 is 9.64 Å². The van der Waals surface area contributed by atoms with E-state index in [1.54, 1.807) is 31.2 Å². The summed E-state index contributed by atoms with van der Waals surface area (Å²) in [5.41, 5.74) is 2.78. The summed E-state index contributed by atoms with van der Waals surface area (Å²) < 4.78 is 10.0. The Morgan fingerprint density at radius 2 is 1.82 bits per heavy atom. The molecule has 0 saturated heterocycles. The van der Waals surface area contributed by atoms with E-state index in [1.165, 1.54) is 25.2 Å². The normalized spacial score (nSPS) is 15.4. The van der Waals surface area contributed by atoms with Crippen LogP contribution in [0.2, 0.25) is 0 Å². The second-order valence-electron chi connectivity index (χ2n) is 6.39. The maximum absolute atomic E-state index is 13.2. The van der Waals surface area contributed by atoms with Gasteiger partial charge in [-0.1, -0.05) is 24.3 Å². The summed E-state index contributed by atoms with van der Waals surface area (Å²) in [6.45, 7) is 3.62. The van der Waals surface area contributed by atoms with Crippen molar-refractivity contribution in [3.63, 3.8) is 0 Å². The van der Waals surface area contributed by atoms with Crippen LogP contribution in [0.5, 0.6) is 11.5 Å². The van der Waals surface area contributed by atoms with E-state index in [2.05, 4.69) is 0 Å². The molecule has 0 unspecified atom stereocenters. The number of amides is 1. The zero-order chi connectivity index (χ0) is 20.4. The molecule has 28 heavy (non-hydrogen) atoms. The van der Waals surface area contributed by atoms with Crippen LogP contribution in [-0.2, 0) is 14.3 Å². The predicted molar refractivity (Wildman–Crippen MR) is 106 cm³/mol. The number of carbonyl (C=O) groups is 2. The third-order valence-electron chi connectivity index (χ3n) is 4.60. The Kier molecular flexibility index (Phi) is 5.22. The molecule has 1 heterocycles. The first-order valence-corrected chi connectivity index (χ1v) is 8.67. The molecule has 6 nitrogen and oxygen atoms in total. The molecule has 2 aromatic rings. The Morgan fingerprint density at radius 1 is 1.11 bits per heavy atom. The first kappa shape index (κ1) is 19.2. The standard InChI is InChI=1S/C22H21NO5/c1-13-7-5-9-16(11-13)23-14(2)19(22(26)28-4)17(21(23)25)12-15-8-6-10-18(27-3)20(15)24/h5-12,24H,1-4H3/b17-12-. The quantitative estimate of drug-likeness (QED) is 0.649. The van der Waals surface area contributed by atoms with E-state index in [0.717, 1.165) is 5.56 Å². The number of ether oxygens (including phenoxy) is 2. The van der Waals surface area contributed by atoms with Crippen molar-refractivity contribution < 1.29 is 24.2 Å². The number of nitrogens with zero attached hydrogens (tertiary/aromatic N) is 1.